The third-order valence-electron chi connectivity index (χ3n) is 3.35. The number of thioether (sulfide) groups is 1. The van der Waals surface area contributed by atoms with Crippen molar-refractivity contribution in [2.75, 3.05) is 0 Å². The summed E-state index contributed by atoms with van der Waals surface area (Å²) in [4.78, 5) is 26.7. The second-order valence-electron chi connectivity index (χ2n) is 4.74. The minimum atomic E-state index is -1.02. The normalized spacial score (nSPS) is 20.1. The summed E-state index contributed by atoms with van der Waals surface area (Å²) in [6.45, 7) is 3.72. The van der Waals surface area contributed by atoms with E-state index in [4.69, 9.17) is 12.2 Å². The smallest absolute Gasteiger partial charge is 0.327 e. The molecule has 1 aliphatic heterocycles. The van der Waals surface area contributed by atoms with Crippen LogP contribution in [-0.4, -0.2) is 32.2 Å². The van der Waals surface area contributed by atoms with Crippen molar-refractivity contribution in [3.8, 4) is 0 Å². The highest BCUT2D eigenvalue weighted by Crippen LogP contribution is 2.36. The molecule has 1 fully saturated rings. The number of aliphatic carboxylic acids is 1. The van der Waals surface area contributed by atoms with E-state index in [0.717, 1.165) is 4.88 Å². The van der Waals surface area contributed by atoms with E-state index in [1.165, 1.54) is 28.0 Å². The number of carbonyl (C=O) groups is 2. The lowest BCUT2D eigenvalue weighted by molar-refractivity contribution is -0.147. The fourth-order valence-corrected chi connectivity index (χ4v) is 4.11. The lowest BCUT2D eigenvalue weighted by Crippen LogP contribution is -2.47. The number of hydrogen-bond donors (Lipinski definition) is 1. The second-order valence-corrected chi connectivity index (χ2v) is 7.39. The Balaban J connectivity index is 2.31. The predicted molar refractivity (Wildman–Crippen MR) is 90.2 cm³/mol. The summed E-state index contributed by atoms with van der Waals surface area (Å²) in [5.74, 6) is -1.49. The Hall–Kier alpha value is -1.18. The van der Waals surface area contributed by atoms with Gasteiger partial charge in [0.25, 0.3) is 5.91 Å². The van der Waals surface area contributed by atoms with Gasteiger partial charge in [-0.05, 0) is 23.4 Å². The molecule has 1 N–H and O–H groups in total. The van der Waals surface area contributed by atoms with Crippen molar-refractivity contribution >= 4 is 57.6 Å². The van der Waals surface area contributed by atoms with Crippen LogP contribution in [0.3, 0.4) is 0 Å². The number of carboxylic acid groups (broad SMARTS) is 1. The molecule has 0 aliphatic carbocycles. The van der Waals surface area contributed by atoms with Crippen molar-refractivity contribution in [2.45, 2.75) is 26.3 Å². The van der Waals surface area contributed by atoms with Crippen LogP contribution in [0, 0.1) is 5.92 Å². The number of thiocarbonyl (C=S) groups is 1. The highest BCUT2D eigenvalue weighted by Gasteiger charge is 2.42. The first-order valence-electron chi connectivity index (χ1n) is 6.49. The van der Waals surface area contributed by atoms with Gasteiger partial charge in [0, 0.05) is 4.88 Å². The first kappa shape index (κ1) is 16.2. The fraction of sp³-hybridized carbons (Fsp3) is 0.357. The third kappa shape index (κ3) is 3.36. The molecule has 0 saturated carbocycles. The maximum Gasteiger partial charge on any atom is 0.327 e. The van der Waals surface area contributed by atoms with Gasteiger partial charge in [0.2, 0.25) is 0 Å². The van der Waals surface area contributed by atoms with E-state index in [2.05, 4.69) is 0 Å². The monoisotopic (exact) mass is 341 g/mol. The molecule has 2 atom stereocenters. The lowest BCUT2D eigenvalue weighted by atomic mass is 9.98. The number of hydrogen-bond acceptors (Lipinski definition) is 5. The molecule has 0 aromatic carbocycles. The van der Waals surface area contributed by atoms with Crippen LogP contribution in [0.15, 0.2) is 22.4 Å². The van der Waals surface area contributed by atoms with Crippen molar-refractivity contribution in [1.29, 1.82) is 0 Å². The summed E-state index contributed by atoms with van der Waals surface area (Å²) in [6, 6.07) is 2.90. The zero-order chi connectivity index (χ0) is 15.6. The number of carboxylic acids is 1. The van der Waals surface area contributed by atoms with Crippen molar-refractivity contribution in [3.63, 3.8) is 0 Å². The predicted octanol–water partition coefficient (Wildman–Crippen LogP) is 3.45. The molecule has 2 rings (SSSR count). The first-order valence-corrected chi connectivity index (χ1v) is 8.59. The van der Waals surface area contributed by atoms with Crippen molar-refractivity contribution in [3.05, 3.63) is 27.3 Å². The number of amides is 1. The van der Waals surface area contributed by atoms with Crippen LogP contribution in [0.2, 0.25) is 0 Å². The molecule has 4 nitrogen and oxygen atoms in total. The fourth-order valence-electron chi connectivity index (χ4n) is 2.05. The molecule has 1 amide bonds. The van der Waals surface area contributed by atoms with Gasteiger partial charge in [-0.25, -0.2) is 4.79 Å². The molecule has 112 valence electrons. The van der Waals surface area contributed by atoms with E-state index in [-0.39, 0.29) is 11.8 Å². The highest BCUT2D eigenvalue weighted by atomic mass is 32.2. The average Bonchev–Trinajstić information content (AvgIpc) is 3.02. The van der Waals surface area contributed by atoms with E-state index < -0.39 is 12.0 Å². The maximum atomic E-state index is 12.5. The molecule has 1 aromatic rings. The van der Waals surface area contributed by atoms with Crippen LogP contribution < -0.4 is 0 Å². The molecule has 2 heterocycles. The molecule has 1 aromatic heterocycles. The van der Waals surface area contributed by atoms with Crippen LogP contribution in [0.5, 0.6) is 0 Å². The number of rotatable bonds is 5. The molecule has 7 heteroatoms. The van der Waals surface area contributed by atoms with E-state index in [1.54, 1.807) is 6.08 Å². The maximum absolute atomic E-state index is 12.5. The van der Waals surface area contributed by atoms with Crippen LogP contribution >= 0.6 is 35.3 Å². The first-order chi connectivity index (χ1) is 9.95. The van der Waals surface area contributed by atoms with Gasteiger partial charge in [0.1, 0.15) is 10.4 Å². The summed E-state index contributed by atoms with van der Waals surface area (Å²) in [5, 5.41) is 11.4. The SMILES string of the molecule is CC[C@H](C)[C@H](C(=O)O)N1C(=O)/C(=C\c2cccs2)SC1=S. The van der Waals surface area contributed by atoms with Crippen LogP contribution in [0.25, 0.3) is 6.08 Å². The lowest BCUT2D eigenvalue weighted by Gasteiger charge is -2.27. The molecular weight excluding hydrogens is 326 g/mol. The van der Waals surface area contributed by atoms with Gasteiger partial charge >= 0.3 is 5.97 Å². The van der Waals surface area contributed by atoms with Gasteiger partial charge < -0.3 is 5.11 Å². The minimum absolute atomic E-state index is 0.161. The van der Waals surface area contributed by atoms with Crippen LogP contribution in [0.4, 0.5) is 0 Å². The molecule has 0 radical (unpaired) electrons. The molecule has 1 saturated heterocycles. The van der Waals surface area contributed by atoms with Gasteiger partial charge in [0.15, 0.2) is 0 Å². The number of carbonyl (C=O) groups excluding carboxylic acids is 1. The van der Waals surface area contributed by atoms with Gasteiger partial charge in [-0.2, -0.15) is 0 Å². The van der Waals surface area contributed by atoms with Crippen LogP contribution in [-0.2, 0) is 9.59 Å². The highest BCUT2D eigenvalue weighted by molar-refractivity contribution is 8.26. The Morgan fingerprint density at radius 3 is 2.81 bits per heavy atom. The Bertz CT molecular complexity index is 595. The molecule has 0 spiro atoms. The summed E-state index contributed by atoms with van der Waals surface area (Å²) in [7, 11) is 0. The van der Waals surface area contributed by atoms with Crippen LogP contribution in [0.1, 0.15) is 25.1 Å². The zero-order valence-corrected chi connectivity index (χ0v) is 14.1. The van der Waals surface area contributed by atoms with Gasteiger partial charge in [-0.1, -0.05) is 50.3 Å². The zero-order valence-electron chi connectivity index (χ0n) is 11.6. The summed E-state index contributed by atoms with van der Waals surface area (Å²) in [6.07, 6.45) is 2.43. The summed E-state index contributed by atoms with van der Waals surface area (Å²) >= 11 is 7.91. The van der Waals surface area contributed by atoms with Crippen molar-refractivity contribution in [2.24, 2.45) is 5.92 Å². The summed E-state index contributed by atoms with van der Waals surface area (Å²) in [5.41, 5.74) is 0. The third-order valence-corrected chi connectivity index (χ3v) is 5.50. The van der Waals surface area contributed by atoms with E-state index in [9.17, 15) is 14.7 Å². The molecule has 0 bridgehead atoms. The Kier molecular flexibility index (Phi) is 5.18. The Morgan fingerprint density at radius 1 is 1.57 bits per heavy atom. The molecule has 21 heavy (non-hydrogen) atoms. The largest absolute Gasteiger partial charge is 0.480 e. The Labute approximate surface area is 136 Å². The van der Waals surface area contributed by atoms with Crippen molar-refractivity contribution < 1.29 is 14.7 Å². The Morgan fingerprint density at radius 2 is 2.29 bits per heavy atom. The van der Waals surface area contributed by atoms with Gasteiger partial charge in [-0.15, -0.1) is 11.3 Å². The molecule has 1 aliphatic rings. The standard InChI is InChI=1S/C14H15NO3S3/c1-3-8(2)11(13(17)18)15-12(16)10(21-14(15)19)7-9-5-4-6-20-9/h4-8,11H,3H2,1-2H3,(H,17,18)/b10-7+/t8-,11+/m0/s1. The van der Waals surface area contributed by atoms with E-state index in [1.807, 2.05) is 31.4 Å². The molecule has 0 unspecified atom stereocenters. The number of thiophene rings is 1. The quantitative estimate of drug-likeness (QED) is 0.657. The summed E-state index contributed by atoms with van der Waals surface area (Å²) < 4.78 is 0.315. The van der Waals surface area contributed by atoms with Gasteiger partial charge in [-0.3, -0.25) is 9.69 Å². The minimum Gasteiger partial charge on any atom is -0.480 e. The second kappa shape index (κ2) is 6.72. The topological polar surface area (TPSA) is 57.6 Å². The van der Waals surface area contributed by atoms with E-state index in [0.29, 0.717) is 15.6 Å². The van der Waals surface area contributed by atoms with E-state index >= 15 is 0 Å². The van der Waals surface area contributed by atoms with Gasteiger partial charge in [0.05, 0.1) is 4.91 Å². The average molecular weight is 341 g/mol. The molecular formula is C14H15NO3S3. The van der Waals surface area contributed by atoms with Crippen molar-refractivity contribution in [1.82, 2.24) is 4.90 Å². The number of nitrogens with zero attached hydrogens (tertiary/aromatic N) is 1.